The molecule has 3 heterocycles. The van der Waals surface area contributed by atoms with Gasteiger partial charge in [0.1, 0.15) is 17.0 Å². The van der Waals surface area contributed by atoms with E-state index in [1.165, 1.54) is 29.1 Å². The summed E-state index contributed by atoms with van der Waals surface area (Å²) < 4.78 is 15.4. The zero-order chi connectivity index (χ0) is 19.5. The Morgan fingerprint density at radius 1 is 1.04 bits per heavy atom. The molecule has 1 N–H and O–H groups in total. The van der Waals surface area contributed by atoms with Crippen molar-refractivity contribution in [2.45, 2.75) is 6.54 Å². The van der Waals surface area contributed by atoms with Crippen LogP contribution in [0.5, 0.6) is 0 Å². The standard InChI is InChI=1S/C21H15FN4O2/c22-18-6-2-1-4-15(18)13-26-19-14(5-3-9-24-19)12-17(21(26)28)20(27)25-16-7-10-23-11-8-16/h1-12H,13H2,(H,23,25,27). The van der Waals surface area contributed by atoms with E-state index in [9.17, 15) is 14.0 Å². The number of anilines is 1. The number of benzene rings is 1. The fourth-order valence-electron chi connectivity index (χ4n) is 2.95. The van der Waals surface area contributed by atoms with Crippen molar-refractivity contribution in [3.63, 3.8) is 0 Å². The second kappa shape index (κ2) is 7.40. The van der Waals surface area contributed by atoms with Crippen LogP contribution in [0.25, 0.3) is 11.0 Å². The highest BCUT2D eigenvalue weighted by atomic mass is 19.1. The van der Waals surface area contributed by atoms with Crippen LogP contribution in [0, 0.1) is 5.82 Å². The van der Waals surface area contributed by atoms with Crippen LogP contribution in [-0.2, 0) is 6.54 Å². The molecule has 0 saturated heterocycles. The average molecular weight is 374 g/mol. The summed E-state index contributed by atoms with van der Waals surface area (Å²) in [6, 6.07) is 14.4. The van der Waals surface area contributed by atoms with Gasteiger partial charge in [0.25, 0.3) is 11.5 Å². The molecule has 0 spiro atoms. The average Bonchev–Trinajstić information content (AvgIpc) is 2.72. The molecule has 0 saturated carbocycles. The minimum absolute atomic E-state index is 0.0323. The summed E-state index contributed by atoms with van der Waals surface area (Å²) in [5.41, 5.74) is 0.653. The van der Waals surface area contributed by atoms with Crippen molar-refractivity contribution in [3.05, 3.63) is 100 Å². The van der Waals surface area contributed by atoms with Gasteiger partial charge in [0, 0.05) is 35.2 Å². The molecule has 4 rings (SSSR count). The van der Waals surface area contributed by atoms with E-state index in [0.717, 1.165) is 0 Å². The van der Waals surface area contributed by atoms with Gasteiger partial charge < -0.3 is 5.32 Å². The molecule has 6 nitrogen and oxygen atoms in total. The Morgan fingerprint density at radius 3 is 2.61 bits per heavy atom. The number of nitrogens with zero attached hydrogens (tertiary/aromatic N) is 3. The summed E-state index contributed by atoms with van der Waals surface area (Å²) in [6.07, 6.45) is 4.63. The van der Waals surface area contributed by atoms with Gasteiger partial charge in [0.2, 0.25) is 0 Å². The van der Waals surface area contributed by atoms with E-state index in [0.29, 0.717) is 22.3 Å². The number of carbonyl (C=O) groups excluding carboxylic acids is 1. The Labute approximate surface area is 159 Å². The first-order valence-corrected chi connectivity index (χ1v) is 8.57. The van der Waals surface area contributed by atoms with Crippen molar-refractivity contribution in [2.75, 3.05) is 5.32 Å². The minimum Gasteiger partial charge on any atom is -0.322 e. The van der Waals surface area contributed by atoms with E-state index in [2.05, 4.69) is 15.3 Å². The number of pyridine rings is 3. The maximum absolute atomic E-state index is 14.1. The van der Waals surface area contributed by atoms with Crippen LogP contribution < -0.4 is 10.9 Å². The topological polar surface area (TPSA) is 76.9 Å². The zero-order valence-electron chi connectivity index (χ0n) is 14.7. The molecule has 0 aliphatic carbocycles. The quantitative estimate of drug-likeness (QED) is 0.595. The minimum atomic E-state index is -0.552. The summed E-state index contributed by atoms with van der Waals surface area (Å²) >= 11 is 0. The molecule has 0 aliphatic heterocycles. The van der Waals surface area contributed by atoms with Crippen molar-refractivity contribution in [2.24, 2.45) is 0 Å². The largest absolute Gasteiger partial charge is 0.322 e. The van der Waals surface area contributed by atoms with E-state index >= 15 is 0 Å². The third-order valence-corrected chi connectivity index (χ3v) is 4.32. The van der Waals surface area contributed by atoms with Gasteiger partial charge >= 0.3 is 0 Å². The van der Waals surface area contributed by atoms with Crippen LogP contribution in [-0.4, -0.2) is 20.4 Å². The number of rotatable bonds is 4. The molecule has 0 fully saturated rings. The SMILES string of the molecule is O=C(Nc1ccncc1)c1cc2cccnc2n(Cc2ccccc2F)c1=O. The van der Waals surface area contributed by atoms with Gasteiger partial charge in [-0.15, -0.1) is 0 Å². The third-order valence-electron chi connectivity index (χ3n) is 4.32. The number of aromatic nitrogens is 3. The maximum Gasteiger partial charge on any atom is 0.265 e. The van der Waals surface area contributed by atoms with Crippen LogP contribution in [0.1, 0.15) is 15.9 Å². The van der Waals surface area contributed by atoms with E-state index in [1.54, 1.807) is 48.7 Å². The van der Waals surface area contributed by atoms with Gasteiger partial charge in [-0.3, -0.25) is 19.1 Å². The van der Waals surface area contributed by atoms with Crippen molar-refractivity contribution >= 4 is 22.6 Å². The number of fused-ring (bicyclic) bond motifs is 1. The van der Waals surface area contributed by atoms with E-state index in [-0.39, 0.29) is 12.1 Å². The lowest BCUT2D eigenvalue weighted by atomic mass is 10.1. The molecule has 1 aromatic carbocycles. The highest BCUT2D eigenvalue weighted by Crippen LogP contribution is 2.15. The van der Waals surface area contributed by atoms with Crippen LogP contribution >= 0.6 is 0 Å². The lowest BCUT2D eigenvalue weighted by Crippen LogP contribution is -2.30. The van der Waals surface area contributed by atoms with Crippen LogP contribution in [0.2, 0.25) is 0 Å². The van der Waals surface area contributed by atoms with Crippen molar-refractivity contribution < 1.29 is 9.18 Å². The molecule has 0 aliphatic rings. The highest BCUT2D eigenvalue weighted by molar-refractivity contribution is 6.05. The number of hydrogen-bond donors (Lipinski definition) is 1. The Bertz CT molecular complexity index is 1220. The fourth-order valence-corrected chi connectivity index (χ4v) is 2.95. The summed E-state index contributed by atoms with van der Waals surface area (Å²) in [5, 5.41) is 3.29. The molecule has 0 radical (unpaired) electrons. The Balaban J connectivity index is 1.82. The second-order valence-electron chi connectivity index (χ2n) is 6.15. The molecule has 7 heteroatoms. The van der Waals surface area contributed by atoms with Crippen molar-refractivity contribution in [1.82, 2.24) is 14.5 Å². The Hall–Kier alpha value is -3.87. The number of nitrogens with one attached hydrogen (secondary N) is 1. The lowest BCUT2D eigenvalue weighted by Gasteiger charge is -2.13. The number of amides is 1. The first-order chi connectivity index (χ1) is 13.6. The normalized spacial score (nSPS) is 10.8. The predicted molar refractivity (Wildman–Crippen MR) is 104 cm³/mol. The third kappa shape index (κ3) is 3.37. The van der Waals surface area contributed by atoms with Crippen LogP contribution in [0.4, 0.5) is 10.1 Å². The van der Waals surface area contributed by atoms with E-state index in [1.807, 2.05) is 0 Å². The summed E-state index contributed by atoms with van der Waals surface area (Å²) in [7, 11) is 0. The molecular formula is C21H15FN4O2. The van der Waals surface area contributed by atoms with Crippen molar-refractivity contribution in [1.29, 1.82) is 0 Å². The van der Waals surface area contributed by atoms with Crippen molar-refractivity contribution in [3.8, 4) is 0 Å². The first kappa shape index (κ1) is 17.5. The summed E-state index contributed by atoms with van der Waals surface area (Å²) in [5.74, 6) is -0.977. The van der Waals surface area contributed by atoms with Crippen LogP contribution in [0.15, 0.2) is 78.0 Å². The number of halogens is 1. The lowest BCUT2D eigenvalue weighted by molar-refractivity contribution is 0.102. The van der Waals surface area contributed by atoms with E-state index in [4.69, 9.17) is 0 Å². The molecule has 0 atom stereocenters. The van der Waals surface area contributed by atoms with Gasteiger partial charge in [-0.05, 0) is 36.4 Å². The van der Waals surface area contributed by atoms with Gasteiger partial charge in [-0.2, -0.15) is 0 Å². The number of carbonyl (C=O) groups is 1. The highest BCUT2D eigenvalue weighted by Gasteiger charge is 2.17. The molecule has 0 unspecified atom stereocenters. The molecule has 3 aromatic heterocycles. The van der Waals surface area contributed by atoms with Gasteiger partial charge in [-0.1, -0.05) is 18.2 Å². The second-order valence-corrected chi connectivity index (χ2v) is 6.15. The molecule has 1 amide bonds. The molecule has 28 heavy (non-hydrogen) atoms. The molecule has 4 aromatic rings. The smallest absolute Gasteiger partial charge is 0.265 e. The monoisotopic (exact) mass is 374 g/mol. The molecule has 0 bridgehead atoms. The fraction of sp³-hybridized carbons (Fsp3) is 0.0476. The first-order valence-electron chi connectivity index (χ1n) is 8.57. The Morgan fingerprint density at radius 2 is 1.82 bits per heavy atom. The summed E-state index contributed by atoms with van der Waals surface area (Å²) in [4.78, 5) is 33.9. The van der Waals surface area contributed by atoms with Gasteiger partial charge in [0.15, 0.2) is 0 Å². The maximum atomic E-state index is 14.1. The molecule has 138 valence electrons. The van der Waals surface area contributed by atoms with Gasteiger partial charge in [-0.25, -0.2) is 9.37 Å². The summed E-state index contributed by atoms with van der Waals surface area (Å²) in [6.45, 7) is -0.0323. The molecular weight excluding hydrogens is 359 g/mol. The zero-order valence-corrected chi connectivity index (χ0v) is 14.7. The van der Waals surface area contributed by atoms with Gasteiger partial charge in [0.05, 0.1) is 6.54 Å². The van der Waals surface area contributed by atoms with E-state index < -0.39 is 17.3 Å². The number of hydrogen-bond acceptors (Lipinski definition) is 4. The van der Waals surface area contributed by atoms with Crippen LogP contribution in [0.3, 0.4) is 0 Å². The predicted octanol–water partition coefficient (Wildman–Crippen LogP) is 3.23. The Kier molecular flexibility index (Phi) is 4.63.